The zero-order valence-corrected chi connectivity index (χ0v) is 16.3. The van der Waals surface area contributed by atoms with Crippen LogP contribution in [0, 0.1) is 0 Å². The van der Waals surface area contributed by atoms with E-state index in [4.69, 9.17) is 9.47 Å². The van der Waals surface area contributed by atoms with Crippen LogP contribution in [-0.2, 0) is 6.42 Å². The van der Waals surface area contributed by atoms with Crippen molar-refractivity contribution in [2.24, 2.45) is 0 Å². The molecule has 0 saturated carbocycles. The molecule has 1 aliphatic heterocycles. The first-order chi connectivity index (χ1) is 12.2. The summed E-state index contributed by atoms with van der Waals surface area (Å²) in [5.41, 5.74) is 2.29. The monoisotopic (exact) mass is 405 g/mol. The Kier molecular flexibility index (Phi) is 6.29. The average Bonchev–Trinajstić information content (AvgIpc) is 2.67. The molecular weight excluding hydrogens is 382 g/mol. The van der Waals surface area contributed by atoms with Crippen molar-refractivity contribution in [1.29, 1.82) is 0 Å². The van der Waals surface area contributed by atoms with E-state index >= 15 is 0 Å². The number of nitrogens with zero attached hydrogens (tertiary/aromatic N) is 2. The average molecular weight is 406 g/mol. The smallest absolute Gasteiger partial charge is 0.161 e. The highest BCUT2D eigenvalue weighted by Crippen LogP contribution is 2.38. The van der Waals surface area contributed by atoms with Crippen molar-refractivity contribution in [3.8, 4) is 11.5 Å². The minimum atomic E-state index is 0.228. The van der Waals surface area contributed by atoms with Gasteiger partial charge in [0.25, 0.3) is 0 Å². The number of hydrogen-bond acceptors (Lipinski definition) is 5. The minimum absolute atomic E-state index is 0.228. The van der Waals surface area contributed by atoms with Crippen LogP contribution in [0.4, 0.5) is 0 Å². The van der Waals surface area contributed by atoms with Crippen LogP contribution < -0.4 is 14.8 Å². The van der Waals surface area contributed by atoms with E-state index in [-0.39, 0.29) is 6.04 Å². The van der Waals surface area contributed by atoms with Gasteiger partial charge in [0.05, 0.1) is 14.2 Å². The number of aromatic nitrogens is 1. The Labute approximate surface area is 157 Å². The van der Waals surface area contributed by atoms with Gasteiger partial charge in [-0.15, -0.1) is 0 Å². The Morgan fingerprint density at radius 1 is 1.16 bits per heavy atom. The lowest BCUT2D eigenvalue weighted by Crippen LogP contribution is -2.45. The van der Waals surface area contributed by atoms with E-state index < -0.39 is 0 Å². The maximum absolute atomic E-state index is 5.53. The highest BCUT2D eigenvalue weighted by Gasteiger charge is 2.26. The van der Waals surface area contributed by atoms with E-state index in [0.717, 1.165) is 54.3 Å². The van der Waals surface area contributed by atoms with Crippen LogP contribution in [0.25, 0.3) is 0 Å². The number of hydrogen-bond donors (Lipinski definition) is 1. The van der Waals surface area contributed by atoms with Crippen molar-refractivity contribution in [2.45, 2.75) is 12.5 Å². The van der Waals surface area contributed by atoms with Gasteiger partial charge >= 0.3 is 0 Å². The summed E-state index contributed by atoms with van der Waals surface area (Å²) in [6.07, 6.45) is 2.71. The van der Waals surface area contributed by atoms with E-state index in [1.807, 2.05) is 24.4 Å². The second-order valence-corrected chi connectivity index (χ2v) is 6.91. The van der Waals surface area contributed by atoms with Crippen molar-refractivity contribution in [3.63, 3.8) is 0 Å². The molecule has 1 N–H and O–H groups in total. The number of ether oxygens (including phenoxy) is 2. The highest BCUT2D eigenvalue weighted by molar-refractivity contribution is 9.10. The Morgan fingerprint density at radius 3 is 2.52 bits per heavy atom. The molecule has 0 radical (unpaired) electrons. The van der Waals surface area contributed by atoms with Gasteiger partial charge in [0.1, 0.15) is 0 Å². The molecule has 1 aromatic carbocycles. The van der Waals surface area contributed by atoms with Gasteiger partial charge in [0.15, 0.2) is 11.5 Å². The number of piperazine rings is 1. The third kappa shape index (κ3) is 4.32. The lowest BCUT2D eigenvalue weighted by Gasteiger charge is -2.36. The Hall–Kier alpha value is -1.63. The van der Waals surface area contributed by atoms with E-state index in [0.29, 0.717) is 0 Å². The molecule has 0 bridgehead atoms. The van der Waals surface area contributed by atoms with Gasteiger partial charge in [0, 0.05) is 55.0 Å². The highest BCUT2D eigenvalue weighted by atomic mass is 79.9. The summed E-state index contributed by atoms with van der Waals surface area (Å²) in [5, 5.41) is 3.43. The normalized spacial score (nSPS) is 16.4. The minimum Gasteiger partial charge on any atom is -0.493 e. The lowest BCUT2D eigenvalue weighted by atomic mass is 9.98. The van der Waals surface area contributed by atoms with Crippen molar-refractivity contribution >= 4 is 15.9 Å². The summed E-state index contributed by atoms with van der Waals surface area (Å²) in [6.45, 7) is 4.03. The van der Waals surface area contributed by atoms with E-state index in [9.17, 15) is 0 Å². The molecule has 0 amide bonds. The fourth-order valence-corrected chi connectivity index (χ4v) is 3.86. The largest absolute Gasteiger partial charge is 0.493 e. The molecule has 1 saturated heterocycles. The van der Waals surface area contributed by atoms with E-state index in [2.05, 4.69) is 43.3 Å². The first kappa shape index (κ1) is 18.2. The predicted molar refractivity (Wildman–Crippen MR) is 102 cm³/mol. The molecule has 2 heterocycles. The van der Waals surface area contributed by atoms with Crippen molar-refractivity contribution < 1.29 is 9.47 Å². The maximum atomic E-state index is 5.53. The van der Waals surface area contributed by atoms with Crippen LogP contribution in [0.5, 0.6) is 11.5 Å². The van der Waals surface area contributed by atoms with E-state index in [1.165, 1.54) is 5.56 Å². The molecule has 1 aliphatic rings. The molecule has 0 aliphatic carbocycles. The molecule has 25 heavy (non-hydrogen) atoms. The van der Waals surface area contributed by atoms with Crippen LogP contribution in [0.1, 0.15) is 17.3 Å². The third-order valence-corrected chi connectivity index (χ3v) is 5.27. The summed E-state index contributed by atoms with van der Waals surface area (Å²) < 4.78 is 12.0. The van der Waals surface area contributed by atoms with Crippen LogP contribution in [-0.4, -0.2) is 50.3 Å². The standard InChI is InChI=1S/C19H24BrN3O2/c1-24-18-12-15(16(20)13-19(18)25-2)17(23-9-7-21-8-10-23)11-14-5-3-4-6-22-14/h3-6,12-13,17,21H,7-11H2,1-2H3. The second kappa shape index (κ2) is 8.65. The molecular formula is C19H24BrN3O2. The molecule has 1 fully saturated rings. The molecule has 1 unspecified atom stereocenters. The maximum Gasteiger partial charge on any atom is 0.161 e. The van der Waals surface area contributed by atoms with Gasteiger partial charge < -0.3 is 14.8 Å². The van der Waals surface area contributed by atoms with Crippen LogP contribution in [0.15, 0.2) is 41.0 Å². The number of rotatable bonds is 6. The fraction of sp³-hybridized carbons (Fsp3) is 0.421. The zero-order chi connectivity index (χ0) is 17.6. The van der Waals surface area contributed by atoms with Crippen LogP contribution in [0.2, 0.25) is 0 Å². The Bertz CT molecular complexity index is 691. The third-order valence-electron chi connectivity index (χ3n) is 4.58. The number of methoxy groups -OCH3 is 2. The van der Waals surface area contributed by atoms with Crippen molar-refractivity contribution in [3.05, 3.63) is 52.3 Å². The fourth-order valence-electron chi connectivity index (χ4n) is 3.27. The molecule has 3 rings (SSSR count). The molecule has 1 atom stereocenters. The van der Waals surface area contributed by atoms with Crippen molar-refractivity contribution in [2.75, 3.05) is 40.4 Å². The SMILES string of the molecule is COc1cc(Br)c(C(Cc2ccccn2)N2CCNCC2)cc1OC. The van der Waals surface area contributed by atoms with Gasteiger partial charge in [-0.3, -0.25) is 9.88 Å². The summed E-state index contributed by atoms with van der Waals surface area (Å²) in [4.78, 5) is 7.04. The molecule has 6 heteroatoms. The van der Waals surface area contributed by atoms with Crippen molar-refractivity contribution in [1.82, 2.24) is 15.2 Å². The van der Waals surface area contributed by atoms with Gasteiger partial charge in [-0.2, -0.15) is 0 Å². The summed E-state index contributed by atoms with van der Waals surface area (Å²) in [5.74, 6) is 1.48. The number of benzene rings is 1. The Balaban J connectivity index is 1.98. The first-order valence-electron chi connectivity index (χ1n) is 8.49. The van der Waals surface area contributed by atoms with Crippen LogP contribution >= 0.6 is 15.9 Å². The molecule has 1 aromatic heterocycles. The number of halogens is 1. The van der Waals surface area contributed by atoms with Crippen LogP contribution in [0.3, 0.4) is 0 Å². The number of pyridine rings is 1. The molecule has 5 nitrogen and oxygen atoms in total. The van der Waals surface area contributed by atoms with Gasteiger partial charge in [-0.05, 0) is 29.8 Å². The summed E-state index contributed by atoms with van der Waals surface area (Å²) in [7, 11) is 3.33. The lowest BCUT2D eigenvalue weighted by molar-refractivity contribution is 0.171. The first-order valence-corrected chi connectivity index (χ1v) is 9.28. The quantitative estimate of drug-likeness (QED) is 0.799. The zero-order valence-electron chi connectivity index (χ0n) is 14.7. The molecule has 0 spiro atoms. The Morgan fingerprint density at radius 2 is 1.88 bits per heavy atom. The van der Waals surface area contributed by atoms with E-state index in [1.54, 1.807) is 14.2 Å². The van der Waals surface area contributed by atoms with Gasteiger partial charge in [-0.25, -0.2) is 0 Å². The topological polar surface area (TPSA) is 46.6 Å². The molecule has 2 aromatic rings. The number of nitrogens with one attached hydrogen (secondary N) is 1. The summed E-state index contributed by atoms with van der Waals surface area (Å²) in [6, 6.07) is 10.4. The predicted octanol–water partition coefficient (Wildman–Crippen LogP) is 3.05. The summed E-state index contributed by atoms with van der Waals surface area (Å²) >= 11 is 3.73. The second-order valence-electron chi connectivity index (χ2n) is 6.06. The van der Waals surface area contributed by atoms with Gasteiger partial charge in [0.2, 0.25) is 0 Å². The molecule has 134 valence electrons. The van der Waals surface area contributed by atoms with Gasteiger partial charge in [-0.1, -0.05) is 22.0 Å².